The summed E-state index contributed by atoms with van der Waals surface area (Å²) in [5.74, 6) is 0.684. The Morgan fingerprint density at radius 1 is 1.33 bits per heavy atom. The van der Waals surface area contributed by atoms with E-state index in [1.54, 1.807) is 0 Å². The third kappa shape index (κ3) is 2.73. The minimum absolute atomic E-state index is 0.442. The number of likely N-dealkylation sites (tertiary alicyclic amines) is 1. The highest BCUT2D eigenvalue weighted by atomic mass is 15.1. The number of nitrogens with zero attached hydrogens (tertiary/aromatic N) is 1. The first kappa shape index (κ1) is 11.4. The highest BCUT2D eigenvalue weighted by molar-refractivity contribution is 4.87. The number of hydrogen-bond acceptors (Lipinski definition) is 2. The molecule has 2 nitrogen and oxygen atoms in total. The van der Waals surface area contributed by atoms with Crippen molar-refractivity contribution in [3.63, 3.8) is 0 Å². The Hall–Kier alpha value is -0.0800. The fourth-order valence-corrected chi connectivity index (χ4v) is 3.32. The number of hydrogen-bond donors (Lipinski definition) is 1. The van der Waals surface area contributed by atoms with Crippen molar-refractivity contribution >= 4 is 0 Å². The van der Waals surface area contributed by atoms with E-state index in [-0.39, 0.29) is 0 Å². The fourth-order valence-electron chi connectivity index (χ4n) is 3.32. The molecule has 0 radical (unpaired) electrons. The molecular weight excluding hydrogens is 184 g/mol. The minimum Gasteiger partial charge on any atom is -0.327 e. The van der Waals surface area contributed by atoms with Crippen LogP contribution in [0.15, 0.2) is 0 Å². The summed E-state index contributed by atoms with van der Waals surface area (Å²) >= 11 is 0. The molecule has 1 aliphatic carbocycles. The minimum atomic E-state index is 0.442. The molecule has 2 rings (SSSR count). The van der Waals surface area contributed by atoms with Gasteiger partial charge in [-0.15, -0.1) is 0 Å². The SMILES string of the molecule is CC1CN(CC2(C)CCCC2)CCC1N. The maximum atomic E-state index is 6.05. The molecule has 0 aromatic carbocycles. The lowest BCUT2D eigenvalue weighted by atomic mass is 9.86. The molecule has 1 saturated heterocycles. The molecule has 2 N–H and O–H groups in total. The quantitative estimate of drug-likeness (QED) is 0.757. The smallest absolute Gasteiger partial charge is 0.00889 e. The predicted octanol–water partition coefficient (Wildman–Crippen LogP) is 2.24. The zero-order valence-electron chi connectivity index (χ0n) is 10.3. The number of piperidine rings is 1. The lowest BCUT2D eigenvalue weighted by molar-refractivity contribution is 0.109. The fraction of sp³-hybridized carbons (Fsp3) is 1.00. The van der Waals surface area contributed by atoms with Gasteiger partial charge in [-0.1, -0.05) is 26.7 Å². The number of rotatable bonds is 2. The van der Waals surface area contributed by atoms with Crippen LogP contribution in [0.25, 0.3) is 0 Å². The van der Waals surface area contributed by atoms with E-state index in [9.17, 15) is 0 Å². The van der Waals surface area contributed by atoms with Crippen LogP contribution in [0.5, 0.6) is 0 Å². The van der Waals surface area contributed by atoms with Crippen molar-refractivity contribution in [3.8, 4) is 0 Å². The van der Waals surface area contributed by atoms with Gasteiger partial charge in [-0.3, -0.25) is 0 Å². The average molecular weight is 210 g/mol. The summed E-state index contributed by atoms with van der Waals surface area (Å²) in [5, 5.41) is 0. The molecule has 2 aliphatic rings. The molecule has 0 aromatic heterocycles. The molecule has 2 fully saturated rings. The van der Waals surface area contributed by atoms with Crippen LogP contribution in [-0.2, 0) is 0 Å². The summed E-state index contributed by atoms with van der Waals surface area (Å²) in [4.78, 5) is 2.65. The molecule has 15 heavy (non-hydrogen) atoms. The molecule has 1 heterocycles. The van der Waals surface area contributed by atoms with Gasteiger partial charge in [-0.05, 0) is 37.1 Å². The van der Waals surface area contributed by atoms with Gasteiger partial charge >= 0.3 is 0 Å². The zero-order chi connectivity index (χ0) is 10.9. The van der Waals surface area contributed by atoms with E-state index < -0.39 is 0 Å². The molecule has 1 aliphatic heterocycles. The van der Waals surface area contributed by atoms with Gasteiger partial charge < -0.3 is 10.6 Å². The topological polar surface area (TPSA) is 29.3 Å². The molecule has 88 valence electrons. The third-order valence-electron chi connectivity index (χ3n) is 4.47. The number of nitrogens with two attached hydrogens (primary N) is 1. The van der Waals surface area contributed by atoms with E-state index in [1.165, 1.54) is 51.7 Å². The second-order valence-corrected chi connectivity index (χ2v) is 6.18. The third-order valence-corrected chi connectivity index (χ3v) is 4.47. The van der Waals surface area contributed by atoms with Gasteiger partial charge in [0.2, 0.25) is 0 Å². The maximum Gasteiger partial charge on any atom is 0.00889 e. The van der Waals surface area contributed by atoms with Gasteiger partial charge in [0.25, 0.3) is 0 Å². The van der Waals surface area contributed by atoms with Crippen molar-refractivity contribution in [1.29, 1.82) is 0 Å². The first-order valence-electron chi connectivity index (χ1n) is 6.57. The summed E-state index contributed by atoms with van der Waals surface area (Å²) in [5.41, 5.74) is 6.67. The van der Waals surface area contributed by atoms with Crippen molar-refractivity contribution in [1.82, 2.24) is 4.90 Å². The molecule has 1 saturated carbocycles. The van der Waals surface area contributed by atoms with E-state index in [1.807, 2.05) is 0 Å². The van der Waals surface area contributed by atoms with Gasteiger partial charge in [-0.2, -0.15) is 0 Å². The first-order chi connectivity index (χ1) is 7.09. The van der Waals surface area contributed by atoms with Gasteiger partial charge in [0.05, 0.1) is 0 Å². The van der Waals surface area contributed by atoms with Crippen molar-refractivity contribution in [2.45, 2.75) is 52.0 Å². The van der Waals surface area contributed by atoms with Crippen LogP contribution in [0.3, 0.4) is 0 Å². The van der Waals surface area contributed by atoms with E-state index in [4.69, 9.17) is 5.73 Å². The summed E-state index contributed by atoms with van der Waals surface area (Å²) in [6.45, 7) is 8.52. The van der Waals surface area contributed by atoms with Gasteiger partial charge in [0, 0.05) is 19.1 Å². The predicted molar refractivity (Wildman–Crippen MR) is 64.8 cm³/mol. The summed E-state index contributed by atoms with van der Waals surface area (Å²) in [6, 6.07) is 0.442. The Morgan fingerprint density at radius 3 is 2.60 bits per heavy atom. The van der Waals surface area contributed by atoms with Gasteiger partial charge in [0.15, 0.2) is 0 Å². The van der Waals surface area contributed by atoms with Crippen LogP contribution >= 0.6 is 0 Å². The van der Waals surface area contributed by atoms with Gasteiger partial charge in [0.1, 0.15) is 0 Å². The average Bonchev–Trinajstić information content (AvgIpc) is 2.59. The largest absolute Gasteiger partial charge is 0.327 e. The highest BCUT2D eigenvalue weighted by Gasteiger charge is 2.33. The highest BCUT2D eigenvalue weighted by Crippen LogP contribution is 2.38. The second kappa shape index (κ2) is 4.42. The molecule has 0 bridgehead atoms. The van der Waals surface area contributed by atoms with Crippen LogP contribution in [0.1, 0.15) is 46.0 Å². The molecule has 0 aromatic rings. The Bertz CT molecular complexity index is 209. The molecular formula is C13H26N2. The van der Waals surface area contributed by atoms with E-state index >= 15 is 0 Å². The monoisotopic (exact) mass is 210 g/mol. The van der Waals surface area contributed by atoms with Crippen molar-refractivity contribution in [3.05, 3.63) is 0 Å². The standard InChI is InChI=1S/C13H26N2/c1-11-9-15(8-5-12(11)14)10-13(2)6-3-4-7-13/h11-12H,3-10,14H2,1-2H3. The lowest BCUT2D eigenvalue weighted by Gasteiger charge is -2.39. The Balaban J connectivity index is 1.84. The van der Waals surface area contributed by atoms with E-state index in [0.717, 1.165) is 0 Å². The summed E-state index contributed by atoms with van der Waals surface area (Å²) in [7, 11) is 0. The molecule has 2 unspecified atom stereocenters. The van der Waals surface area contributed by atoms with Crippen molar-refractivity contribution in [2.24, 2.45) is 17.1 Å². The summed E-state index contributed by atoms with van der Waals surface area (Å²) in [6.07, 6.45) is 6.95. The Kier molecular flexibility index (Phi) is 3.36. The second-order valence-electron chi connectivity index (χ2n) is 6.18. The van der Waals surface area contributed by atoms with Crippen LogP contribution in [0.4, 0.5) is 0 Å². The van der Waals surface area contributed by atoms with Crippen molar-refractivity contribution in [2.75, 3.05) is 19.6 Å². The zero-order valence-corrected chi connectivity index (χ0v) is 10.3. The van der Waals surface area contributed by atoms with Crippen molar-refractivity contribution < 1.29 is 0 Å². The van der Waals surface area contributed by atoms with E-state index in [0.29, 0.717) is 17.4 Å². The molecule has 2 atom stereocenters. The Morgan fingerprint density at radius 2 is 2.00 bits per heavy atom. The first-order valence-corrected chi connectivity index (χ1v) is 6.57. The molecule has 0 amide bonds. The maximum absolute atomic E-state index is 6.05. The Labute approximate surface area is 94.2 Å². The molecule has 0 spiro atoms. The van der Waals surface area contributed by atoms with Crippen LogP contribution < -0.4 is 5.73 Å². The summed E-state index contributed by atoms with van der Waals surface area (Å²) < 4.78 is 0. The van der Waals surface area contributed by atoms with E-state index in [2.05, 4.69) is 18.7 Å². The molecule has 2 heteroatoms. The van der Waals surface area contributed by atoms with Crippen LogP contribution in [0.2, 0.25) is 0 Å². The van der Waals surface area contributed by atoms with Crippen LogP contribution in [-0.4, -0.2) is 30.6 Å². The van der Waals surface area contributed by atoms with Gasteiger partial charge in [-0.25, -0.2) is 0 Å². The lowest BCUT2D eigenvalue weighted by Crippen LogP contribution is -2.48. The van der Waals surface area contributed by atoms with Crippen LogP contribution in [0, 0.1) is 11.3 Å². The normalized spacial score (nSPS) is 37.0.